The highest BCUT2D eigenvalue weighted by atomic mass is 16.6. The number of carbonyl (C=O) groups is 2. The summed E-state index contributed by atoms with van der Waals surface area (Å²) >= 11 is 0. The van der Waals surface area contributed by atoms with Crippen LogP contribution in [0.5, 0.6) is 0 Å². The standard InChI is InChI=1S/C17H23N7O6/c1-18-5-3-4-10(25)23-14-11-15(21-7-20-14)24(8-22-11)16-13(27)12(26)9(30-16)6-19-17(28)29-2/h3-4,7-9,12-13,16,18,26-27H,5-6H2,1-2H3,(H,19,28)(H,20,21,23,25)/b4-3+/t9-,12-,13-,16-/m1/s1. The van der Waals surface area contributed by atoms with Crippen LogP contribution >= 0.6 is 0 Å². The molecule has 2 aromatic heterocycles. The van der Waals surface area contributed by atoms with Crippen molar-refractivity contribution in [1.82, 2.24) is 30.2 Å². The molecule has 0 spiro atoms. The number of nitrogens with one attached hydrogen (secondary N) is 3. The largest absolute Gasteiger partial charge is 0.453 e. The molecule has 2 aromatic rings. The van der Waals surface area contributed by atoms with Crippen LogP contribution in [0.4, 0.5) is 10.6 Å². The van der Waals surface area contributed by atoms with E-state index >= 15 is 0 Å². The molecule has 0 saturated carbocycles. The number of anilines is 1. The van der Waals surface area contributed by atoms with Gasteiger partial charge in [-0.15, -0.1) is 0 Å². The van der Waals surface area contributed by atoms with Crippen LogP contribution in [0.1, 0.15) is 6.23 Å². The van der Waals surface area contributed by atoms with Gasteiger partial charge in [0.25, 0.3) is 0 Å². The highest BCUT2D eigenvalue weighted by Crippen LogP contribution is 2.32. The summed E-state index contributed by atoms with van der Waals surface area (Å²) in [7, 11) is 2.97. The van der Waals surface area contributed by atoms with Crippen molar-refractivity contribution < 1.29 is 29.3 Å². The van der Waals surface area contributed by atoms with Gasteiger partial charge in [-0.1, -0.05) is 6.08 Å². The number of aliphatic hydroxyl groups is 2. The molecule has 1 saturated heterocycles. The number of carbonyl (C=O) groups excluding carboxylic acids is 2. The second kappa shape index (κ2) is 9.58. The minimum Gasteiger partial charge on any atom is -0.453 e. The van der Waals surface area contributed by atoms with Gasteiger partial charge in [0.1, 0.15) is 24.6 Å². The molecular formula is C17H23N7O6. The number of likely N-dealkylation sites (N-methyl/N-ethyl adjacent to an activating group) is 1. The molecule has 3 heterocycles. The topological polar surface area (TPSA) is 173 Å². The molecule has 5 N–H and O–H groups in total. The molecule has 0 radical (unpaired) electrons. The van der Waals surface area contributed by atoms with Crippen molar-refractivity contribution in [3.63, 3.8) is 0 Å². The number of aliphatic hydroxyl groups excluding tert-OH is 2. The Morgan fingerprint density at radius 3 is 2.83 bits per heavy atom. The molecule has 30 heavy (non-hydrogen) atoms. The van der Waals surface area contributed by atoms with Crippen molar-refractivity contribution in [3.8, 4) is 0 Å². The Balaban J connectivity index is 1.78. The Morgan fingerprint density at radius 2 is 2.10 bits per heavy atom. The average molecular weight is 421 g/mol. The molecule has 1 aliphatic rings. The van der Waals surface area contributed by atoms with E-state index in [4.69, 9.17) is 4.74 Å². The van der Waals surface area contributed by atoms with Gasteiger partial charge in [0.15, 0.2) is 23.2 Å². The minimum atomic E-state index is -1.30. The molecule has 0 unspecified atom stereocenters. The summed E-state index contributed by atoms with van der Waals surface area (Å²) in [5.74, 6) is -0.198. The summed E-state index contributed by atoms with van der Waals surface area (Å²) in [6.45, 7) is 0.468. The number of alkyl carbamates (subject to hydrolysis) is 1. The highest BCUT2D eigenvalue weighted by Gasteiger charge is 2.44. The van der Waals surface area contributed by atoms with Crippen molar-refractivity contribution in [2.24, 2.45) is 0 Å². The second-order valence-electron chi connectivity index (χ2n) is 6.41. The van der Waals surface area contributed by atoms with Crippen LogP contribution in [0.15, 0.2) is 24.8 Å². The van der Waals surface area contributed by atoms with Gasteiger partial charge in [-0.3, -0.25) is 9.36 Å². The van der Waals surface area contributed by atoms with E-state index in [1.807, 2.05) is 0 Å². The number of imidazole rings is 1. The first-order valence-electron chi connectivity index (χ1n) is 9.09. The molecule has 162 valence electrons. The molecule has 0 bridgehead atoms. The summed E-state index contributed by atoms with van der Waals surface area (Å²) in [5, 5.41) is 28.6. The molecule has 2 amide bonds. The van der Waals surface area contributed by atoms with E-state index in [1.165, 1.54) is 30.4 Å². The van der Waals surface area contributed by atoms with E-state index < -0.39 is 30.6 Å². The van der Waals surface area contributed by atoms with Crippen molar-refractivity contribution in [3.05, 3.63) is 24.8 Å². The van der Waals surface area contributed by atoms with E-state index in [-0.39, 0.29) is 29.4 Å². The fraction of sp³-hybridized carbons (Fsp3) is 0.471. The number of nitrogens with zero attached hydrogens (tertiary/aromatic N) is 4. The lowest BCUT2D eigenvalue weighted by Crippen LogP contribution is -2.39. The lowest BCUT2D eigenvalue weighted by Gasteiger charge is -2.16. The van der Waals surface area contributed by atoms with E-state index in [0.29, 0.717) is 6.54 Å². The maximum absolute atomic E-state index is 12.0. The van der Waals surface area contributed by atoms with Crippen LogP contribution in [0.2, 0.25) is 0 Å². The third-order valence-electron chi connectivity index (χ3n) is 4.44. The van der Waals surface area contributed by atoms with Crippen LogP contribution < -0.4 is 16.0 Å². The van der Waals surface area contributed by atoms with Gasteiger partial charge in [0, 0.05) is 19.2 Å². The first kappa shape index (κ1) is 21.6. The third kappa shape index (κ3) is 4.54. The molecule has 1 fully saturated rings. The van der Waals surface area contributed by atoms with Gasteiger partial charge < -0.3 is 35.6 Å². The Morgan fingerprint density at radius 1 is 1.30 bits per heavy atom. The van der Waals surface area contributed by atoms with Crippen LogP contribution in [0.3, 0.4) is 0 Å². The monoisotopic (exact) mass is 421 g/mol. The number of aromatic nitrogens is 4. The number of ether oxygens (including phenoxy) is 2. The molecule has 1 aliphatic heterocycles. The summed E-state index contributed by atoms with van der Waals surface area (Å²) in [6.07, 6.45) is 0.480. The SMILES string of the molecule is CNC/C=C/C(=O)Nc1ncnc2c1ncn2[C@@H]1O[C@H](CNC(=O)OC)[C@@H](O)[C@H]1O. The summed E-state index contributed by atoms with van der Waals surface area (Å²) in [4.78, 5) is 35.7. The van der Waals surface area contributed by atoms with Gasteiger partial charge in [-0.25, -0.2) is 19.7 Å². The zero-order valence-corrected chi connectivity index (χ0v) is 16.3. The van der Waals surface area contributed by atoms with E-state index in [9.17, 15) is 19.8 Å². The maximum Gasteiger partial charge on any atom is 0.406 e. The molecule has 0 aromatic carbocycles. The smallest absolute Gasteiger partial charge is 0.406 e. The predicted octanol–water partition coefficient (Wildman–Crippen LogP) is -1.48. The molecule has 4 atom stereocenters. The zero-order valence-electron chi connectivity index (χ0n) is 16.3. The summed E-state index contributed by atoms with van der Waals surface area (Å²) in [5.41, 5.74) is 0.576. The van der Waals surface area contributed by atoms with Gasteiger partial charge in [-0.05, 0) is 7.05 Å². The van der Waals surface area contributed by atoms with Crippen molar-refractivity contribution in [1.29, 1.82) is 0 Å². The first-order chi connectivity index (χ1) is 14.5. The van der Waals surface area contributed by atoms with Crippen molar-refractivity contribution in [2.75, 3.05) is 32.6 Å². The van der Waals surface area contributed by atoms with Crippen molar-refractivity contribution in [2.45, 2.75) is 24.5 Å². The fourth-order valence-corrected chi connectivity index (χ4v) is 2.96. The Labute approximate surface area is 171 Å². The van der Waals surface area contributed by atoms with Crippen LogP contribution in [-0.4, -0.2) is 87.3 Å². The number of fused-ring (bicyclic) bond motifs is 1. The van der Waals surface area contributed by atoms with E-state index in [1.54, 1.807) is 13.1 Å². The van der Waals surface area contributed by atoms with Crippen LogP contribution in [-0.2, 0) is 14.3 Å². The van der Waals surface area contributed by atoms with Crippen LogP contribution in [0, 0.1) is 0 Å². The molecular weight excluding hydrogens is 398 g/mol. The lowest BCUT2D eigenvalue weighted by atomic mass is 10.1. The van der Waals surface area contributed by atoms with Gasteiger partial charge in [-0.2, -0.15) is 0 Å². The first-order valence-corrected chi connectivity index (χ1v) is 9.09. The Hall–Kier alpha value is -3.13. The summed E-state index contributed by atoms with van der Waals surface area (Å²) in [6, 6.07) is 0. The number of hydrogen-bond acceptors (Lipinski definition) is 10. The number of amides is 2. The Bertz CT molecular complexity index is 932. The number of methoxy groups -OCH3 is 1. The normalized spacial score (nSPS) is 23.7. The second-order valence-corrected chi connectivity index (χ2v) is 6.41. The van der Waals surface area contributed by atoms with E-state index in [0.717, 1.165) is 0 Å². The highest BCUT2D eigenvalue weighted by molar-refractivity contribution is 6.02. The maximum atomic E-state index is 12.0. The Kier molecular flexibility index (Phi) is 6.89. The van der Waals surface area contributed by atoms with Gasteiger partial charge >= 0.3 is 6.09 Å². The van der Waals surface area contributed by atoms with Gasteiger partial charge in [0.2, 0.25) is 5.91 Å². The minimum absolute atomic E-state index is 0.0662. The predicted molar refractivity (Wildman–Crippen MR) is 103 cm³/mol. The third-order valence-corrected chi connectivity index (χ3v) is 4.44. The van der Waals surface area contributed by atoms with Crippen LogP contribution in [0.25, 0.3) is 11.2 Å². The van der Waals surface area contributed by atoms with E-state index in [2.05, 4.69) is 35.6 Å². The average Bonchev–Trinajstić information content (AvgIpc) is 3.29. The number of hydrogen-bond donors (Lipinski definition) is 5. The zero-order chi connectivity index (χ0) is 21.7. The molecule has 13 nitrogen and oxygen atoms in total. The summed E-state index contributed by atoms with van der Waals surface area (Å²) < 4.78 is 11.6. The fourth-order valence-electron chi connectivity index (χ4n) is 2.96. The lowest BCUT2D eigenvalue weighted by molar-refractivity contribution is -0.111. The number of rotatable bonds is 7. The molecule has 0 aliphatic carbocycles. The van der Waals surface area contributed by atoms with Gasteiger partial charge in [0.05, 0.1) is 13.4 Å². The quantitative estimate of drug-likeness (QED) is 0.332. The molecule has 3 rings (SSSR count). The van der Waals surface area contributed by atoms with Crippen molar-refractivity contribution >= 4 is 29.0 Å². The molecule has 13 heteroatoms.